The molecule has 0 aliphatic rings. The molecule has 3 rings (SSSR count). The van der Waals surface area contributed by atoms with Gasteiger partial charge in [-0.2, -0.15) is 0 Å². The van der Waals surface area contributed by atoms with E-state index in [-0.39, 0.29) is 0 Å². The summed E-state index contributed by atoms with van der Waals surface area (Å²) < 4.78 is 2.95. The molecule has 1 aromatic carbocycles. The molecule has 6 heteroatoms. The molecule has 0 radical (unpaired) electrons. The van der Waals surface area contributed by atoms with Crippen LogP contribution in [0.3, 0.4) is 0 Å². The number of nitrogens with two attached hydrogens (primary N) is 1. The number of aryl methyl sites for hydroxylation is 2. The van der Waals surface area contributed by atoms with Gasteiger partial charge in [-0.25, -0.2) is 4.98 Å². The molecule has 0 spiro atoms. The number of fused-ring (bicyclic) bond motifs is 1. The van der Waals surface area contributed by atoms with E-state index in [0.717, 1.165) is 58.3 Å². The highest BCUT2D eigenvalue weighted by atomic mass is 79.9. The van der Waals surface area contributed by atoms with Gasteiger partial charge < -0.3 is 15.2 Å². The van der Waals surface area contributed by atoms with E-state index in [9.17, 15) is 0 Å². The van der Waals surface area contributed by atoms with Gasteiger partial charge in [0.2, 0.25) is 5.95 Å². The lowest BCUT2D eigenvalue weighted by atomic mass is 10.1. The zero-order chi connectivity index (χ0) is 18.8. The third kappa shape index (κ3) is 3.30. The van der Waals surface area contributed by atoms with Gasteiger partial charge in [-0.05, 0) is 59.5 Å². The molecule has 138 valence electrons. The fourth-order valence-corrected chi connectivity index (χ4v) is 4.06. The summed E-state index contributed by atoms with van der Waals surface area (Å²) in [6.07, 6.45) is 4.08. The van der Waals surface area contributed by atoms with Crippen molar-refractivity contribution in [1.29, 1.82) is 0 Å². The van der Waals surface area contributed by atoms with E-state index in [4.69, 9.17) is 5.73 Å². The van der Waals surface area contributed by atoms with Crippen LogP contribution in [0, 0.1) is 6.92 Å². The molecule has 0 unspecified atom stereocenters. The van der Waals surface area contributed by atoms with Crippen LogP contribution in [-0.2, 0) is 7.05 Å². The number of hydrogen-bond acceptors (Lipinski definition) is 4. The number of nitrogens with zero attached hydrogens (tertiary/aromatic N) is 4. The molecule has 3 aromatic rings. The van der Waals surface area contributed by atoms with Gasteiger partial charge in [-0.3, -0.25) is 4.98 Å². The fraction of sp³-hybridized carbons (Fsp3) is 0.400. The second kappa shape index (κ2) is 7.66. The predicted octanol–water partition coefficient (Wildman–Crippen LogP) is 4.91. The third-order valence-electron chi connectivity index (χ3n) is 4.60. The van der Waals surface area contributed by atoms with E-state index in [1.54, 1.807) is 0 Å². The van der Waals surface area contributed by atoms with Crippen molar-refractivity contribution < 1.29 is 0 Å². The minimum Gasteiger partial charge on any atom is -0.370 e. The lowest BCUT2D eigenvalue weighted by Crippen LogP contribution is -2.25. The van der Waals surface area contributed by atoms with Crippen LogP contribution in [0.5, 0.6) is 0 Å². The van der Waals surface area contributed by atoms with Crippen LogP contribution in [0.2, 0.25) is 0 Å². The van der Waals surface area contributed by atoms with Gasteiger partial charge in [0.15, 0.2) is 0 Å². The van der Waals surface area contributed by atoms with E-state index in [1.807, 2.05) is 24.7 Å². The molecular weight excluding hydrogens is 390 g/mol. The van der Waals surface area contributed by atoms with Gasteiger partial charge in [0, 0.05) is 36.4 Å². The summed E-state index contributed by atoms with van der Waals surface area (Å²) in [4.78, 5) is 11.7. The van der Waals surface area contributed by atoms with Gasteiger partial charge in [-0.15, -0.1) is 0 Å². The van der Waals surface area contributed by atoms with Crippen LogP contribution in [0.1, 0.15) is 32.3 Å². The monoisotopic (exact) mass is 415 g/mol. The lowest BCUT2D eigenvalue weighted by molar-refractivity contribution is 0.745. The summed E-state index contributed by atoms with van der Waals surface area (Å²) in [5, 5.41) is 0. The molecule has 0 bridgehead atoms. The van der Waals surface area contributed by atoms with Crippen molar-refractivity contribution in [2.24, 2.45) is 7.05 Å². The maximum Gasteiger partial charge on any atom is 0.201 e. The number of hydrogen-bond donors (Lipinski definition) is 1. The Balaban J connectivity index is 2.26. The number of pyridine rings is 1. The van der Waals surface area contributed by atoms with Crippen molar-refractivity contribution in [3.05, 3.63) is 34.4 Å². The minimum atomic E-state index is 0.518. The molecule has 2 heterocycles. The molecule has 0 saturated carbocycles. The van der Waals surface area contributed by atoms with E-state index in [1.165, 1.54) is 5.69 Å². The molecule has 2 N–H and O–H groups in total. The molecule has 2 aromatic heterocycles. The number of halogens is 1. The molecule has 0 amide bonds. The van der Waals surface area contributed by atoms with Gasteiger partial charge in [0.1, 0.15) is 5.52 Å². The van der Waals surface area contributed by atoms with Gasteiger partial charge in [-0.1, -0.05) is 13.8 Å². The zero-order valence-electron chi connectivity index (χ0n) is 15.9. The summed E-state index contributed by atoms with van der Waals surface area (Å²) in [6, 6.07) is 6.37. The molecular formula is C20H26BrN5. The van der Waals surface area contributed by atoms with Crippen molar-refractivity contribution in [3.63, 3.8) is 0 Å². The summed E-state index contributed by atoms with van der Waals surface area (Å²) in [6.45, 7) is 8.48. The zero-order valence-corrected chi connectivity index (χ0v) is 17.5. The van der Waals surface area contributed by atoms with Gasteiger partial charge in [0.05, 0.1) is 16.9 Å². The average molecular weight is 416 g/mol. The first-order valence-electron chi connectivity index (χ1n) is 9.10. The van der Waals surface area contributed by atoms with E-state index >= 15 is 0 Å². The van der Waals surface area contributed by atoms with Crippen molar-refractivity contribution in [2.45, 2.75) is 33.6 Å². The van der Waals surface area contributed by atoms with E-state index in [0.29, 0.717) is 5.95 Å². The van der Waals surface area contributed by atoms with Gasteiger partial charge in [0.25, 0.3) is 0 Å². The Morgan fingerprint density at radius 3 is 2.50 bits per heavy atom. The second-order valence-corrected chi connectivity index (χ2v) is 7.54. The Hall–Kier alpha value is -2.08. The lowest BCUT2D eigenvalue weighted by Gasteiger charge is -2.25. The predicted molar refractivity (Wildman–Crippen MR) is 114 cm³/mol. The van der Waals surface area contributed by atoms with Crippen molar-refractivity contribution in [2.75, 3.05) is 23.7 Å². The topological polar surface area (TPSA) is 60.0 Å². The molecule has 5 nitrogen and oxygen atoms in total. The van der Waals surface area contributed by atoms with Crippen LogP contribution in [0.25, 0.3) is 22.3 Å². The maximum atomic E-state index is 6.18. The number of imidazole rings is 1. The highest BCUT2D eigenvalue weighted by Crippen LogP contribution is 2.37. The third-order valence-corrected chi connectivity index (χ3v) is 5.20. The van der Waals surface area contributed by atoms with Crippen molar-refractivity contribution >= 4 is 38.6 Å². The van der Waals surface area contributed by atoms with Crippen molar-refractivity contribution in [1.82, 2.24) is 14.5 Å². The fourth-order valence-electron chi connectivity index (χ4n) is 3.39. The first-order chi connectivity index (χ1) is 12.5. The van der Waals surface area contributed by atoms with Crippen LogP contribution in [0.4, 0.5) is 11.6 Å². The summed E-state index contributed by atoms with van der Waals surface area (Å²) in [5.74, 6) is 0.518. The standard InChI is InChI=1S/C20H26BrN5/c1-5-9-26(10-6-2)16-8-7-14(17-15(21)11-13(3)12-23-17)18-19(16)25(4)20(22)24-18/h7-8,11-12H,5-6,9-10H2,1-4H3,(H2,22,24). The molecule has 0 atom stereocenters. The Labute approximate surface area is 163 Å². The number of nitrogen functional groups attached to an aromatic ring is 1. The van der Waals surface area contributed by atoms with Crippen LogP contribution < -0.4 is 10.6 Å². The van der Waals surface area contributed by atoms with Crippen LogP contribution >= 0.6 is 15.9 Å². The summed E-state index contributed by atoms with van der Waals surface area (Å²) >= 11 is 3.65. The second-order valence-electron chi connectivity index (χ2n) is 6.69. The average Bonchev–Trinajstić information content (AvgIpc) is 2.90. The van der Waals surface area contributed by atoms with E-state index in [2.05, 4.69) is 62.8 Å². The largest absolute Gasteiger partial charge is 0.370 e. The number of aromatic nitrogens is 3. The number of benzene rings is 1. The molecule has 0 fully saturated rings. The van der Waals surface area contributed by atoms with Crippen LogP contribution in [0.15, 0.2) is 28.9 Å². The minimum absolute atomic E-state index is 0.518. The molecule has 0 aliphatic heterocycles. The first kappa shape index (κ1) is 18.7. The molecule has 0 saturated heterocycles. The van der Waals surface area contributed by atoms with Crippen LogP contribution in [-0.4, -0.2) is 27.6 Å². The highest BCUT2D eigenvalue weighted by molar-refractivity contribution is 9.10. The Kier molecular flexibility index (Phi) is 5.51. The first-order valence-corrected chi connectivity index (χ1v) is 9.89. The van der Waals surface area contributed by atoms with E-state index < -0.39 is 0 Å². The van der Waals surface area contributed by atoms with Gasteiger partial charge >= 0.3 is 0 Å². The normalized spacial score (nSPS) is 11.3. The Bertz CT molecular complexity index is 926. The maximum absolute atomic E-state index is 6.18. The number of rotatable bonds is 6. The molecule has 0 aliphatic carbocycles. The number of anilines is 2. The smallest absolute Gasteiger partial charge is 0.201 e. The Morgan fingerprint density at radius 2 is 1.88 bits per heavy atom. The summed E-state index contributed by atoms with van der Waals surface area (Å²) in [7, 11) is 1.98. The SMILES string of the molecule is CCCN(CCC)c1ccc(-c2ncc(C)cc2Br)c2nc(N)n(C)c12. The quantitative estimate of drug-likeness (QED) is 0.620. The summed E-state index contributed by atoms with van der Waals surface area (Å²) in [5.41, 5.74) is 12.3. The Morgan fingerprint density at radius 1 is 1.19 bits per heavy atom. The molecule has 26 heavy (non-hydrogen) atoms. The van der Waals surface area contributed by atoms with Crippen molar-refractivity contribution in [3.8, 4) is 11.3 Å². The highest BCUT2D eigenvalue weighted by Gasteiger charge is 2.20.